The molecule has 1 aromatic heterocycles. The second-order valence-electron chi connectivity index (χ2n) is 5.23. The lowest BCUT2D eigenvalue weighted by Crippen LogP contribution is -2.14. The Labute approximate surface area is 137 Å². The zero-order chi connectivity index (χ0) is 16.2. The number of aromatic carboxylic acids is 1. The summed E-state index contributed by atoms with van der Waals surface area (Å²) in [5, 5.41) is 17.2. The third kappa shape index (κ3) is 3.57. The fourth-order valence-electron chi connectivity index (χ4n) is 2.42. The van der Waals surface area contributed by atoms with E-state index in [9.17, 15) is 9.59 Å². The van der Waals surface area contributed by atoms with Crippen molar-refractivity contribution in [1.82, 2.24) is 0 Å². The van der Waals surface area contributed by atoms with Crippen LogP contribution in [-0.4, -0.2) is 17.0 Å². The number of nitrogens with one attached hydrogen (secondary N) is 1. The van der Waals surface area contributed by atoms with Gasteiger partial charge in [-0.05, 0) is 22.8 Å². The number of hydrogen-bond donors (Lipinski definition) is 2. The highest BCUT2D eigenvalue weighted by molar-refractivity contribution is 7.08. The molecular weight excluding hydrogens is 310 g/mol. The molecule has 23 heavy (non-hydrogen) atoms. The number of carbonyl (C=O) groups is 2. The van der Waals surface area contributed by atoms with E-state index in [2.05, 4.69) is 17.4 Å². The van der Waals surface area contributed by atoms with E-state index in [1.54, 1.807) is 5.38 Å². The molecular formula is C18H15NO3S. The van der Waals surface area contributed by atoms with Gasteiger partial charge in [0.15, 0.2) is 0 Å². The lowest BCUT2D eigenvalue weighted by atomic mass is 10.0. The van der Waals surface area contributed by atoms with Gasteiger partial charge in [-0.2, -0.15) is 0 Å². The first-order chi connectivity index (χ1) is 11.1. The molecule has 0 bridgehead atoms. The van der Waals surface area contributed by atoms with E-state index in [1.807, 2.05) is 30.3 Å². The van der Waals surface area contributed by atoms with Crippen molar-refractivity contribution in [2.45, 2.75) is 12.8 Å². The first-order valence-electron chi connectivity index (χ1n) is 7.20. The van der Waals surface area contributed by atoms with Gasteiger partial charge in [-0.1, -0.05) is 42.5 Å². The molecule has 0 spiro atoms. The molecule has 0 aliphatic rings. The molecule has 0 atom stereocenters. The number of carbonyl (C=O) groups excluding carboxylic acids is 1. The van der Waals surface area contributed by atoms with Gasteiger partial charge in [0.05, 0.1) is 11.3 Å². The van der Waals surface area contributed by atoms with E-state index in [4.69, 9.17) is 5.11 Å². The second-order valence-corrected chi connectivity index (χ2v) is 5.98. The van der Waals surface area contributed by atoms with Gasteiger partial charge in [0.2, 0.25) is 5.91 Å². The van der Waals surface area contributed by atoms with Crippen molar-refractivity contribution >= 4 is 39.7 Å². The number of amides is 1. The Morgan fingerprint density at radius 3 is 2.61 bits per heavy atom. The summed E-state index contributed by atoms with van der Waals surface area (Å²) in [6.45, 7) is 0. The minimum Gasteiger partial charge on any atom is -0.478 e. The summed E-state index contributed by atoms with van der Waals surface area (Å²) in [6.07, 6.45) is 0.927. The Hall–Kier alpha value is -2.66. The second kappa shape index (κ2) is 6.62. The number of hydrogen-bond acceptors (Lipinski definition) is 3. The van der Waals surface area contributed by atoms with E-state index >= 15 is 0 Å². The van der Waals surface area contributed by atoms with Crippen molar-refractivity contribution in [2.75, 3.05) is 5.32 Å². The first kappa shape index (κ1) is 15.2. The monoisotopic (exact) mass is 325 g/mol. The minimum absolute atomic E-state index is 0.133. The fourth-order valence-corrected chi connectivity index (χ4v) is 3.18. The van der Waals surface area contributed by atoms with Gasteiger partial charge in [-0.15, -0.1) is 11.3 Å². The molecule has 2 N–H and O–H groups in total. The molecule has 0 aliphatic carbocycles. The Bertz CT molecular complexity index is 869. The van der Waals surface area contributed by atoms with Gasteiger partial charge in [-0.25, -0.2) is 4.79 Å². The van der Waals surface area contributed by atoms with Crippen LogP contribution in [0.25, 0.3) is 10.8 Å². The summed E-state index contributed by atoms with van der Waals surface area (Å²) >= 11 is 1.26. The van der Waals surface area contributed by atoms with Gasteiger partial charge < -0.3 is 10.4 Å². The molecule has 0 saturated carbocycles. The Balaban J connectivity index is 1.63. The van der Waals surface area contributed by atoms with E-state index < -0.39 is 5.97 Å². The van der Waals surface area contributed by atoms with Crippen molar-refractivity contribution in [1.29, 1.82) is 0 Å². The lowest BCUT2D eigenvalue weighted by Gasteiger charge is -2.06. The highest BCUT2D eigenvalue weighted by Crippen LogP contribution is 2.21. The largest absolute Gasteiger partial charge is 0.478 e. The average molecular weight is 325 g/mol. The van der Waals surface area contributed by atoms with Crippen molar-refractivity contribution in [2.24, 2.45) is 0 Å². The first-order valence-corrected chi connectivity index (χ1v) is 8.15. The number of aryl methyl sites for hydroxylation is 1. The molecule has 3 rings (SSSR count). The van der Waals surface area contributed by atoms with Crippen LogP contribution in [0.3, 0.4) is 0 Å². The third-order valence-electron chi connectivity index (χ3n) is 3.62. The van der Waals surface area contributed by atoms with Crippen molar-refractivity contribution in [3.05, 3.63) is 64.4 Å². The standard InChI is InChI=1S/C18H15NO3S/c20-17(19-16-11-23-10-15(16)18(21)22)8-6-12-5-7-13-3-1-2-4-14(13)9-12/h1-5,7,9-11H,6,8H2,(H,19,20)(H,21,22). The number of thiophene rings is 1. The summed E-state index contributed by atoms with van der Waals surface area (Å²) in [7, 11) is 0. The molecule has 0 radical (unpaired) electrons. The molecule has 1 heterocycles. The molecule has 5 heteroatoms. The molecule has 0 fully saturated rings. The van der Waals surface area contributed by atoms with Crippen LogP contribution in [0.1, 0.15) is 22.3 Å². The van der Waals surface area contributed by atoms with Crippen LogP contribution in [0, 0.1) is 0 Å². The molecule has 0 unspecified atom stereocenters. The summed E-state index contributed by atoms with van der Waals surface area (Å²) < 4.78 is 0. The highest BCUT2D eigenvalue weighted by Gasteiger charge is 2.13. The maximum atomic E-state index is 12.0. The van der Waals surface area contributed by atoms with Crippen LogP contribution >= 0.6 is 11.3 Å². The van der Waals surface area contributed by atoms with E-state index in [0.29, 0.717) is 18.5 Å². The Morgan fingerprint density at radius 1 is 1.04 bits per heavy atom. The Morgan fingerprint density at radius 2 is 1.83 bits per heavy atom. The number of carboxylic acid groups (broad SMARTS) is 1. The third-order valence-corrected chi connectivity index (χ3v) is 4.36. The smallest absolute Gasteiger partial charge is 0.338 e. The zero-order valence-electron chi connectivity index (χ0n) is 12.3. The highest BCUT2D eigenvalue weighted by atomic mass is 32.1. The number of carboxylic acids is 1. The fraction of sp³-hybridized carbons (Fsp3) is 0.111. The maximum absolute atomic E-state index is 12.0. The van der Waals surface area contributed by atoms with Crippen LogP contribution in [0.4, 0.5) is 5.69 Å². The SMILES string of the molecule is O=C(CCc1ccc2ccccc2c1)Nc1cscc1C(=O)O. The molecule has 0 aliphatic heterocycles. The van der Waals surface area contributed by atoms with Gasteiger partial charge in [0, 0.05) is 17.2 Å². The van der Waals surface area contributed by atoms with E-state index in [1.165, 1.54) is 22.1 Å². The number of anilines is 1. The summed E-state index contributed by atoms with van der Waals surface area (Å²) in [5.74, 6) is -1.21. The van der Waals surface area contributed by atoms with Crippen LogP contribution in [0.5, 0.6) is 0 Å². The van der Waals surface area contributed by atoms with Crippen molar-refractivity contribution < 1.29 is 14.7 Å². The maximum Gasteiger partial charge on any atom is 0.338 e. The Kier molecular flexibility index (Phi) is 4.39. The molecule has 4 nitrogen and oxygen atoms in total. The topological polar surface area (TPSA) is 66.4 Å². The van der Waals surface area contributed by atoms with Crippen LogP contribution in [0.2, 0.25) is 0 Å². The van der Waals surface area contributed by atoms with Gasteiger partial charge in [0.25, 0.3) is 0 Å². The van der Waals surface area contributed by atoms with Crippen molar-refractivity contribution in [3.8, 4) is 0 Å². The quantitative estimate of drug-likeness (QED) is 0.740. The normalized spacial score (nSPS) is 10.6. The number of benzene rings is 2. The van der Waals surface area contributed by atoms with Gasteiger partial charge >= 0.3 is 5.97 Å². The van der Waals surface area contributed by atoms with Crippen LogP contribution < -0.4 is 5.32 Å². The van der Waals surface area contributed by atoms with Gasteiger partial charge in [-0.3, -0.25) is 4.79 Å². The molecule has 116 valence electrons. The molecule has 1 amide bonds. The lowest BCUT2D eigenvalue weighted by molar-refractivity contribution is -0.116. The number of fused-ring (bicyclic) bond motifs is 1. The molecule has 0 saturated heterocycles. The predicted molar refractivity (Wildman–Crippen MR) is 92.2 cm³/mol. The summed E-state index contributed by atoms with van der Waals surface area (Å²) in [5.41, 5.74) is 1.59. The van der Waals surface area contributed by atoms with Crippen LogP contribution in [-0.2, 0) is 11.2 Å². The zero-order valence-corrected chi connectivity index (χ0v) is 13.1. The van der Waals surface area contributed by atoms with Crippen molar-refractivity contribution in [3.63, 3.8) is 0 Å². The average Bonchev–Trinajstić information content (AvgIpc) is 3.01. The molecule has 2 aromatic carbocycles. The number of rotatable bonds is 5. The van der Waals surface area contributed by atoms with E-state index in [-0.39, 0.29) is 11.5 Å². The van der Waals surface area contributed by atoms with Gasteiger partial charge in [0.1, 0.15) is 0 Å². The molecule has 3 aromatic rings. The predicted octanol–water partition coefficient (Wildman–Crippen LogP) is 4.17. The van der Waals surface area contributed by atoms with Crippen LogP contribution in [0.15, 0.2) is 53.2 Å². The van der Waals surface area contributed by atoms with E-state index in [0.717, 1.165) is 10.9 Å². The summed E-state index contributed by atoms with van der Waals surface area (Å²) in [6, 6.07) is 14.2. The summed E-state index contributed by atoms with van der Waals surface area (Å²) in [4.78, 5) is 23.0. The minimum atomic E-state index is -1.03.